The Morgan fingerprint density at radius 3 is 2.95 bits per heavy atom. The molecule has 1 aliphatic carbocycles. The van der Waals surface area contributed by atoms with E-state index >= 15 is 0 Å². The molecule has 3 rings (SSSR count). The van der Waals surface area contributed by atoms with Crippen molar-refractivity contribution in [2.75, 3.05) is 24.2 Å². The van der Waals surface area contributed by atoms with Crippen LogP contribution in [0.4, 0.5) is 11.8 Å². The van der Waals surface area contributed by atoms with Crippen molar-refractivity contribution in [3.05, 3.63) is 10.9 Å². The van der Waals surface area contributed by atoms with Gasteiger partial charge in [-0.1, -0.05) is 0 Å². The van der Waals surface area contributed by atoms with Crippen molar-refractivity contribution in [3.63, 3.8) is 0 Å². The minimum atomic E-state index is -0.122. The molecule has 6 heteroatoms. The number of aliphatic hydroxyl groups is 1. The third kappa shape index (κ3) is 2.71. The first-order valence-electron chi connectivity index (χ1n) is 7.03. The topological polar surface area (TPSA) is 70.1 Å². The molecule has 108 valence electrons. The summed E-state index contributed by atoms with van der Waals surface area (Å²) in [7, 11) is 1.83. The minimum absolute atomic E-state index is 0.122. The average molecular weight is 292 g/mol. The molecule has 1 aliphatic rings. The molecule has 2 atom stereocenters. The Bertz CT molecular complexity index is 612. The fraction of sp³-hybridized carbons (Fsp3) is 0.571. The van der Waals surface area contributed by atoms with Crippen LogP contribution < -0.4 is 10.6 Å². The molecule has 0 bridgehead atoms. The number of anilines is 2. The monoisotopic (exact) mass is 292 g/mol. The lowest BCUT2D eigenvalue weighted by Gasteiger charge is -2.12. The summed E-state index contributed by atoms with van der Waals surface area (Å²) < 4.78 is 0. The van der Waals surface area contributed by atoms with Gasteiger partial charge in [-0.25, -0.2) is 4.98 Å². The van der Waals surface area contributed by atoms with Crippen molar-refractivity contribution >= 4 is 33.3 Å². The highest BCUT2D eigenvalue weighted by Crippen LogP contribution is 2.31. The predicted molar refractivity (Wildman–Crippen MR) is 83.5 cm³/mol. The molecule has 0 aliphatic heterocycles. The van der Waals surface area contributed by atoms with E-state index in [2.05, 4.69) is 33.6 Å². The standard InChI is InChI=1S/C14H20N4OS/c1-8-5-11-12(16-7-9-3-4-10(19)6-9)17-14(15-2)18-13(11)20-8/h5,9-10,19H,3-4,6-7H2,1-2H3,(H2,15,16,17,18). The van der Waals surface area contributed by atoms with E-state index in [0.29, 0.717) is 11.9 Å². The summed E-state index contributed by atoms with van der Waals surface area (Å²) in [5.41, 5.74) is 0. The van der Waals surface area contributed by atoms with Gasteiger partial charge in [0.1, 0.15) is 10.6 Å². The van der Waals surface area contributed by atoms with E-state index in [1.54, 1.807) is 11.3 Å². The van der Waals surface area contributed by atoms with Gasteiger partial charge in [-0.3, -0.25) is 0 Å². The Hall–Kier alpha value is -1.40. The van der Waals surface area contributed by atoms with Crippen LogP contribution in [0.1, 0.15) is 24.1 Å². The molecule has 0 amide bonds. The van der Waals surface area contributed by atoms with Crippen molar-refractivity contribution in [3.8, 4) is 0 Å². The number of aliphatic hydroxyl groups excluding tert-OH is 1. The summed E-state index contributed by atoms with van der Waals surface area (Å²) in [6, 6.07) is 2.13. The fourth-order valence-corrected chi connectivity index (χ4v) is 3.64. The number of aromatic nitrogens is 2. The molecule has 3 N–H and O–H groups in total. The van der Waals surface area contributed by atoms with E-state index in [-0.39, 0.29) is 6.10 Å². The highest BCUT2D eigenvalue weighted by molar-refractivity contribution is 7.18. The summed E-state index contributed by atoms with van der Waals surface area (Å²) in [6.07, 6.45) is 2.78. The summed E-state index contributed by atoms with van der Waals surface area (Å²) in [6.45, 7) is 2.95. The highest BCUT2D eigenvalue weighted by Gasteiger charge is 2.22. The average Bonchev–Trinajstić information content (AvgIpc) is 3.00. The number of thiophene rings is 1. The molecular formula is C14H20N4OS. The normalized spacial score (nSPS) is 22.4. The van der Waals surface area contributed by atoms with Crippen LogP contribution in [0.25, 0.3) is 10.2 Å². The van der Waals surface area contributed by atoms with Crippen LogP contribution in [0.15, 0.2) is 6.07 Å². The number of nitrogens with zero attached hydrogens (tertiary/aromatic N) is 2. The number of rotatable bonds is 4. The molecule has 5 nitrogen and oxygen atoms in total. The summed E-state index contributed by atoms with van der Waals surface area (Å²) in [5.74, 6) is 2.08. The Balaban J connectivity index is 1.82. The molecule has 2 aromatic heterocycles. The van der Waals surface area contributed by atoms with Crippen LogP contribution in [-0.2, 0) is 0 Å². The lowest BCUT2D eigenvalue weighted by molar-refractivity contribution is 0.178. The number of aryl methyl sites for hydroxylation is 1. The lowest BCUT2D eigenvalue weighted by Crippen LogP contribution is -2.14. The van der Waals surface area contributed by atoms with Gasteiger partial charge in [0.25, 0.3) is 0 Å². The predicted octanol–water partition coefficient (Wildman–Crippen LogP) is 2.61. The first-order chi connectivity index (χ1) is 9.65. The van der Waals surface area contributed by atoms with E-state index in [1.165, 1.54) is 4.88 Å². The zero-order valence-corrected chi connectivity index (χ0v) is 12.6. The van der Waals surface area contributed by atoms with Crippen molar-refractivity contribution in [1.82, 2.24) is 9.97 Å². The maximum Gasteiger partial charge on any atom is 0.225 e. The van der Waals surface area contributed by atoms with Crippen molar-refractivity contribution in [2.45, 2.75) is 32.3 Å². The molecule has 2 heterocycles. The second-order valence-electron chi connectivity index (χ2n) is 5.44. The van der Waals surface area contributed by atoms with Gasteiger partial charge in [-0.15, -0.1) is 11.3 Å². The first-order valence-corrected chi connectivity index (χ1v) is 7.85. The van der Waals surface area contributed by atoms with Crippen LogP contribution in [0, 0.1) is 12.8 Å². The molecular weight excluding hydrogens is 272 g/mol. The smallest absolute Gasteiger partial charge is 0.225 e. The van der Waals surface area contributed by atoms with Crippen LogP contribution in [0.2, 0.25) is 0 Å². The molecule has 20 heavy (non-hydrogen) atoms. The summed E-state index contributed by atoms with van der Waals surface area (Å²) in [4.78, 5) is 11.3. The SMILES string of the molecule is CNc1nc(NCC2CCC(O)C2)c2cc(C)sc2n1. The third-order valence-electron chi connectivity index (χ3n) is 3.81. The van der Waals surface area contributed by atoms with Gasteiger partial charge in [0, 0.05) is 18.5 Å². The lowest BCUT2D eigenvalue weighted by atomic mass is 10.1. The Kier molecular flexibility index (Phi) is 3.76. The largest absolute Gasteiger partial charge is 0.393 e. The van der Waals surface area contributed by atoms with Crippen molar-refractivity contribution in [1.29, 1.82) is 0 Å². The van der Waals surface area contributed by atoms with E-state index in [9.17, 15) is 5.11 Å². The molecule has 1 fully saturated rings. The molecule has 1 saturated carbocycles. The molecule has 2 aromatic rings. The molecule has 0 spiro atoms. The van der Waals surface area contributed by atoms with Gasteiger partial charge in [0.05, 0.1) is 11.5 Å². The Morgan fingerprint density at radius 1 is 1.40 bits per heavy atom. The molecule has 0 aromatic carbocycles. The fourth-order valence-electron chi connectivity index (χ4n) is 2.76. The molecule has 0 saturated heterocycles. The second kappa shape index (κ2) is 5.54. The van der Waals surface area contributed by atoms with E-state index < -0.39 is 0 Å². The number of hydrogen-bond donors (Lipinski definition) is 3. The van der Waals surface area contributed by atoms with Crippen LogP contribution >= 0.6 is 11.3 Å². The van der Waals surface area contributed by atoms with Gasteiger partial charge in [-0.2, -0.15) is 4.98 Å². The van der Waals surface area contributed by atoms with E-state index in [4.69, 9.17) is 0 Å². The van der Waals surface area contributed by atoms with Crippen LogP contribution in [0.3, 0.4) is 0 Å². The number of hydrogen-bond acceptors (Lipinski definition) is 6. The van der Waals surface area contributed by atoms with Gasteiger partial charge in [0.2, 0.25) is 5.95 Å². The second-order valence-corrected chi connectivity index (χ2v) is 6.67. The Morgan fingerprint density at radius 2 is 2.25 bits per heavy atom. The summed E-state index contributed by atoms with van der Waals surface area (Å²) in [5, 5.41) is 17.1. The van der Waals surface area contributed by atoms with Gasteiger partial charge in [-0.05, 0) is 38.2 Å². The first kappa shape index (κ1) is 13.6. The summed E-state index contributed by atoms with van der Waals surface area (Å²) >= 11 is 1.68. The number of fused-ring (bicyclic) bond motifs is 1. The molecule has 2 unspecified atom stereocenters. The van der Waals surface area contributed by atoms with Gasteiger partial charge < -0.3 is 15.7 Å². The van der Waals surface area contributed by atoms with Crippen LogP contribution in [-0.4, -0.2) is 34.8 Å². The molecule has 0 radical (unpaired) electrons. The van der Waals surface area contributed by atoms with Crippen molar-refractivity contribution < 1.29 is 5.11 Å². The minimum Gasteiger partial charge on any atom is -0.393 e. The third-order valence-corrected chi connectivity index (χ3v) is 4.76. The van der Waals surface area contributed by atoms with Gasteiger partial charge in [0.15, 0.2) is 0 Å². The zero-order valence-electron chi connectivity index (χ0n) is 11.8. The van der Waals surface area contributed by atoms with Crippen LogP contribution in [0.5, 0.6) is 0 Å². The van der Waals surface area contributed by atoms with Crippen molar-refractivity contribution in [2.24, 2.45) is 5.92 Å². The van der Waals surface area contributed by atoms with E-state index in [1.807, 2.05) is 7.05 Å². The Labute approximate surface area is 122 Å². The highest BCUT2D eigenvalue weighted by atomic mass is 32.1. The maximum absolute atomic E-state index is 9.59. The zero-order chi connectivity index (χ0) is 14.1. The maximum atomic E-state index is 9.59. The van der Waals surface area contributed by atoms with Gasteiger partial charge >= 0.3 is 0 Å². The van der Waals surface area contributed by atoms with E-state index in [0.717, 1.165) is 41.8 Å². The quantitative estimate of drug-likeness (QED) is 0.808. The number of nitrogens with one attached hydrogen (secondary N) is 2.